The molecule has 0 aromatic heterocycles. The first-order valence-corrected chi connectivity index (χ1v) is 11.4. The molecule has 32 heavy (non-hydrogen) atoms. The molecule has 1 saturated heterocycles. The Kier molecular flexibility index (Phi) is 12.4. The van der Waals surface area contributed by atoms with Crippen LogP contribution in [0, 0.1) is 0 Å². The molecule has 1 aliphatic heterocycles. The van der Waals surface area contributed by atoms with Crippen LogP contribution in [0.1, 0.15) is 24.5 Å². The van der Waals surface area contributed by atoms with Gasteiger partial charge >= 0.3 is 0 Å². The van der Waals surface area contributed by atoms with Crippen molar-refractivity contribution in [3.05, 3.63) is 65.7 Å². The van der Waals surface area contributed by atoms with Crippen LogP contribution in [0.2, 0.25) is 0 Å². The minimum atomic E-state index is 0. The van der Waals surface area contributed by atoms with E-state index < -0.39 is 0 Å². The topological polar surface area (TPSA) is 52.1 Å². The van der Waals surface area contributed by atoms with Crippen molar-refractivity contribution in [2.24, 2.45) is 4.99 Å². The molecule has 2 aromatic rings. The molecule has 0 radical (unpaired) electrons. The number of nitrogens with zero attached hydrogens (tertiary/aromatic N) is 3. The van der Waals surface area contributed by atoms with E-state index in [0.29, 0.717) is 19.7 Å². The summed E-state index contributed by atoms with van der Waals surface area (Å²) in [6.07, 6.45) is 1.25. The summed E-state index contributed by atoms with van der Waals surface area (Å²) in [7, 11) is 2.21. The molecule has 0 spiro atoms. The Balaban J connectivity index is 0.00000363. The second-order valence-electron chi connectivity index (χ2n) is 8.03. The molecule has 1 fully saturated rings. The molecule has 0 aliphatic carbocycles. The molecule has 1 heterocycles. The van der Waals surface area contributed by atoms with Crippen molar-refractivity contribution in [3.63, 3.8) is 0 Å². The predicted octanol–water partition coefficient (Wildman–Crippen LogP) is 3.58. The first-order chi connectivity index (χ1) is 15.2. The number of guanidine groups is 1. The molecule has 0 bridgehead atoms. The highest BCUT2D eigenvalue weighted by Crippen LogP contribution is 2.11. The van der Waals surface area contributed by atoms with Gasteiger partial charge in [0.2, 0.25) is 0 Å². The number of aliphatic imine (C=N–C) groups is 1. The highest BCUT2D eigenvalue weighted by molar-refractivity contribution is 14.0. The van der Waals surface area contributed by atoms with E-state index in [1.807, 2.05) is 30.3 Å². The van der Waals surface area contributed by atoms with E-state index >= 15 is 0 Å². The maximum absolute atomic E-state index is 5.73. The van der Waals surface area contributed by atoms with Gasteiger partial charge in [-0.25, -0.2) is 4.99 Å². The highest BCUT2D eigenvalue weighted by Gasteiger charge is 2.12. The maximum Gasteiger partial charge on any atom is 0.191 e. The summed E-state index contributed by atoms with van der Waals surface area (Å²) < 4.78 is 5.73. The molecular weight excluding hydrogens is 513 g/mol. The molecular formula is C25H38IN5O. The number of para-hydroxylation sites is 1. The first kappa shape index (κ1) is 26.4. The molecule has 6 nitrogen and oxygen atoms in total. The van der Waals surface area contributed by atoms with Crippen molar-refractivity contribution in [3.8, 4) is 5.75 Å². The largest absolute Gasteiger partial charge is 0.492 e. The predicted molar refractivity (Wildman–Crippen MR) is 144 cm³/mol. The number of nitrogens with one attached hydrogen (secondary N) is 2. The number of halogens is 1. The summed E-state index contributed by atoms with van der Waals surface area (Å²) >= 11 is 0. The summed E-state index contributed by atoms with van der Waals surface area (Å²) in [6, 6.07) is 18.8. The number of ether oxygens (including phenoxy) is 1. The standard InChI is InChI=1S/C25H37N5O.HI/c1-3-26-25(27-14-19-31-24-8-5-4-6-9-24)28-20-22-10-12-23(13-11-22)21-30-16-7-15-29(2)17-18-30;/h4-6,8-13H,3,7,14-21H2,1-2H3,(H2,26,27,28);1H. The van der Waals surface area contributed by atoms with Gasteiger partial charge in [0.25, 0.3) is 0 Å². The summed E-state index contributed by atoms with van der Waals surface area (Å²) in [4.78, 5) is 9.70. The zero-order valence-corrected chi connectivity index (χ0v) is 21.8. The van der Waals surface area contributed by atoms with Crippen LogP contribution in [0.5, 0.6) is 5.75 Å². The van der Waals surface area contributed by atoms with Gasteiger partial charge in [-0.2, -0.15) is 0 Å². The normalized spacial score (nSPS) is 15.5. The molecule has 3 rings (SSSR count). The number of rotatable bonds is 9. The smallest absolute Gasteiger partial charge is 0.191 e. The molecule has 2 N–H and O–H groups in total. The van der Waals surface area contributed by atoms with Gasteiger partial charge in [0.15, 0.2) is 5.96 Å². The van der Waals surface area contributed by atoms with Crippen molar-refractivity contribution in [1.29, 1.82) is 0 Å². The average molecular weight is 552 g/mol. The second kappa shape index (κ2) is 15.1. The quantitative estimate of drug-likeness (QED) is 0.216. The minimum Gasteiger partial charge on any atom is -0.492 e. The van der Waals surface area contributed by atoms with Crippen molar-refractivity contribution >= 4 is 29.9 Å². The zero-order chi connectivity index (χ0) is 21.7. The minimum absolute atomic E-state index is 0. The van der Waals surface area contributed by atoms with Gasteiger partial charge in [-0.05, 0) is 56.7 Å². The molecule has 176 valence electrons. The van der Waals surface area contributed by atoms with E-state index in [4.69, 9.17) is 9.73 Å². The van der Waals surface area contributed by atoms with Gasteiger partial charge < -0.3 is 20.3 Å². The van der Waals surface area contributed by atoms with Crippen LogP contribution >= 0.6 is 24.0 Å². The van der Waals surface area contributed by atoms with Crippen LogP contribution in [-0.2, 0) is 13.1 Å². The number of hydrogen-bond acceptors (Lipinski definition) is 4. The molecule has 7 heteroatoms. The average Bonchev–Trinajstić information content (AvgIpc) is 3.00. The van der Waals surface area contributed by atoms with Gasteiger partial charge in [0.05, 0.1) is 13.1 Å². The molecule has 2 aromatic carbocycles. The van der Waals surface area contributed by atoms with Gasteiger partial charge in [-0.1, -0.05) is 42.5 Å². The van der Waals surface area contributed by atoms with Gasteiger partial charge in [-0.3, -0.25) is 4.90 Å². The van der Waals surface area contributed by atoms with Gasteiger partial charge in [0.1, 0.15) is 12.4 Å². The van der Waals surface area contributed by atoms with Gasteiger partial charge in [-0.15, -0.1) is 24.0 Å². The van der Waals surface area contributed by atoms with E-state index in [1.54, 1.807) is 0 Å². The monoisotopic (exact) mass is 551 g/mol. The summed E-state index contributed by atoms with van der Waals surface area (Å²) in [6.45, 7) is 10.6. The summed E-state index contributed by atoms with van der Waals surface area (Å²) in [5.41, 5.74) is 2.59. The van der Waals surface area contributed by atoms with E-state index in [1.165, 1.54) is 30.6 Å². The number of benzene rings is 2. The lowest BCUT2D eigenvalue weighted by molar-refractivity contribution is 0.269. The SMILES string of the molecule is CCNC(=NCc1ccc(CN2CCCN(C)CC2)cc1)NCCOc1ccccc1.I. The Hall–Kier alpha value is -1.84. The molecule has 0 saturated carbocycles. The Morgan fingerprint density at radius 3 is 2.44 bits per heavy atom. The van der Waals surface area contributed by atoms with Crippen molar-refractivity contribution in [2.75, 3.05) is 52.9 Å². The van der Waals surface area contributed by atoms with Crippen LogP contribution in [0.3, 0.4) is 0 Å². The van der Waals surface area contributed by atoms with E-state index in [-0.39, 0.29) is 24.0 Å². The van der Waals surface area contributed by atoms with E-state index in [0.717, 1.165) is 37.9 Å². The Labute approximate surface area is 210 Å². The Morgan fingerprint density at radius 2 is 1.69 bits per heavy atom. The molecule has 0 atom stereocenters. The van der Waals surface area contributed by atoms with Crippen LogP contribution in [0.15, 0.2) is 59.6 Å². The lowest BCUT2D eigenvalue weighted by atomic mass is 10.1. The fourth-order valence-electron chi connectivity index (χ4n) is 3.63. The zero-order valence-electron chi connectivity index (χ0n) is 19.4. The lowest BCUT2D eigenvalue weighted by Gasteiger charge is -2.20. The fourth-order valence-corrected chi connectivity index (χ4v) is 3.63. The lowest BCUT2D eigenvalue weighted by Crippen LogP contribution is -2.39. The van der Waals surface area contributed by atoms with Crippen molar-refractivity contribution < 1.29 is 4.74 Å². The van der Waals surface area contributed by atoms with Crippen LogP contribution in [0.25, 0.3) is 0 Å². The number of hydrogen-bond donors (Lipinski definition) is 2. The van der Waals surface area contributed by atoms with Gasteiger partial charge in [0, 0.05) is 26.2 Å². The molecule has 0 amide bonds. The van der Waals surface area contributed by atoms with Crippen LogP contribution in [0.4, 0.5) is 0 Å². The van der Waals surface area contributed by atoms with Crippen LogP contribution in [-0.4, -0.2) is 68.7 Å². The third-order valence-electron chi connectivity index (χ3n) is 5.41. The molecule has 1 aliphatic rings. The first-order valence-electron chi connectivity index (χ1n) is 11.4. The highest BCUT2D eigenvalue weighted by atomic mass is 127. The third kappa shape index (κ3) is 9.75. The fraction of sp³-hybridized carbons (Fsp3) is 0.480. The van der Waals surface area contributed by atoms with E-state index in [2.05, 4.69) is 58.7 Å². The molecule has 0 unspecified atom stereocenters. The summed E-state index contributed by atoms with van der Waals surface area (Å²) in [5.74, 6) is 1.70. The van der Waals surface area contributed by atoms with E-state index in [9.17, 15) is 0 Å². The van der Waals surface area contributed by atoms with Crippen LogP contribution < -0.4 is 15.4 Å². The van der Waals surface area contributed by atoms with Crippen molar-refractivity contribution in [1.82, 2.24) is 20.4 Å². The third-order valence-corrected chi connectivity index (χ3v) is 5.41. The summed E-state index contributed by atoms with van der Waals surface area (Å²) in [5, 5.41) is 6.64. The van der Waals surface area contributed by atoms with Crippen molar-refractivity contribution in [2.45, 2.75) is 26.4 Å². The Morgan fingerprint density at radius 1 is 0.938 bits per heavy atom. The number of likely N-dealkylation sites (N-methyl/N-ethyl adjacent to an activating group) is 1. The maximum atomic E-state index is 5.73. The Bertz CT molecular complexity index is 785. The second-order valence-corrected chi connectivity index (χ2v) is 8.03.